The van der Waals surface area contributed by atoms with Gasteiger partial charge in [-0.2, -0.15) is 0 Å². The summed E-state index contributed by atoms with van der Waals surface area (Å²) < 4.78 is 0. The molecule has 0 bridgehead atoms. The normalized spacial score (nSPS) is 21.4. The molecule has 0 spiro atoms. The molecule has 3 heteroatoms. The minimum atomic E-state index is -0.427. The maximum atomic E-state index is 10.1. The van der Waals surface area contributed by atoms with Gasteiger partial charge in [0.25, 0.3) is 0 Å². The Labute approximate surface area is 129 Å². The summed E-state index contributed by atoms with van der Waals surface area (Å²) in [5, 5.41) is 10.1. The maximum Gasteiger partial charge on any atom is 0.0793 e. The van der Waals surface area contributed by atoms with Crippen LogP contribution in [0.2, 0.25) is 0 Å². The van der Waals surface area contributed by atoms with Gasteiger partial charge in [0.1, 0.15) is 0 Å². The smallest absolute Gasteiger partial charge is 0.0793 e. The predicted molar refractivity (Wildman–Crippen MR) is 88.7 cm³/mol. The highest BCUT2D eigenvalue weighted by Crippen LogP contribution is 2.35. The van der Waals surface area contributed by atoms with Crippen molar-refractivity contribution in [2.24, 2.45) is 5.73 Å². The number of aliphatic hydroxyl groups excluding tert-OH is 1. The van der Waals surface area contributed by atoms with Crippen LogP contribution in [0, 0.1) is 6.07 Å². The summed E-state index contributed by atoms with van der Waals surface area (Å²) in [6.07, 6.45) is 2.54. The Kier molecular flexibility index (Phi) is 4.95. The van der Waals surface area contributed by atoms with Gasteiger partial charge in [0, 0.05) is 24.8 Å². The minimum absolute atomic E-state index is 0.000344. The monoisotopic (exact) mass is 289 g/mol. The Morgan fingerprint density at radius 2 is 2.14 bits per heavy atom. The van der Waals surface area contributed by atoms with E-state index in [0.717, 1.165) is 31.5 Å². The summed E-state index contributed by atoms with van der Waals surface area (Å²) in [4.78, 5) is 2.38. The molecule has 2 atom stereocenters. The molecular weight excluding hydrogens is 260 g/mol. The fourth-order valence-electron chi connectivity index (χ4n) is 2.98. The Morgan fingerprint density at radius 3 is 2.71 bits per heavy atom. The van der Waals surface area contributed by atoms with Crippen LogP contribution in [0.15, 0.2) is 12.1 Å². The van der Waals surface area contributed by atoms with E-state index in [9.17, 15) is 5.11 Å². The van der Waals surface area contributed by atoms with Gasteiger partial charge in [-0.05, 0) is 47.9 Å². The highest BCUT2D eigenvalue weighted by molar-refractivity contribution is 5.58. The first-order valence-electron chi connectivity index (χ1n) is 8.08. The Morgan fingerprint density at radius 1 is 1.43 bits per heavy atom. The Balaban J connectivity index is 2.40. The number of hydrogen-bond acceptors (Lipinski definition) is 3. The molecule has 0 aromatic heterocycles. The molecule has 1 aliphatic heterocycles. The van der Waals surface area contributed by atoms with Crippen molar-refractivity contribution in [3.05, 3.63) is 29.3 Å². The average molecular weight is 289 g/mol. The molecule has 0 saturated carbocycles. The van der Waals surface area contributed by atoms with E-state index in [2.05, 4.69) is 37.8 Å². The molecule has 1 radical (unpaired) electrons. The average Bonchev–Trinajstić information content (AvgIpc) is 2.45. The summed E-state index contributed by atoms with van der Waals surface area (Å²) in [6.45, 7) is 10.6. The van der Waals surface area contributed by atoms with Gasteiger partial charge in [0.05, 0.1) is 6.10 Å². The molecule has 21 heavy (non-hydrogen) atoms. The molecular formula is C18H29N2O. The molecule has 1 aromatic rings. The Hall–Kier alpha value is -1.06. The first kappa shape index (κ1) is 16.3. The summed E-state index contributed by atoms with van der Waals surface area (Å²) in [5.74, 6) is 0. The summed E-state index contributed by atoms with van der Waals surface area (Å²) >= 11 is 0. The third kappa shape index (κ3) is 3.78. The first-order chi connectivity index (χ1) is 9.82. The largest absolute Gasteiger partial charge is 0.388 e. The molecule has 1 heterocycles. The van der Waals surface area contributed by atoms with Crippen LogP contribution in [-0.2, 0) is 5.41 Å². The maximum absolute atomic E-state index is 10.1. The molecule has 1 aliphatic rings. The van der Waals surface area contributed by atoms with Crippen molar-refractivity contribution >= 4 is 5.69 Å². The zero-order chi connectivity index (χ0) is 15.6. The van der Waals surface area contributed by atoms with Crippen molar-refractivity contribution in [1.29, 1.82) is 0 Å². The SMILES string of the molecule is CCC(O)c1[c]c(C(C)(C)C)c(N2CCC[C@H](N)C2)cc1. The van der Waals surface area contributed by atoms with Gasteiger partial charge >= 0.3 is 0 Å². The van der Waals surface area contributed by atoms with Crippen LogP contribution < -0.4 is 10.6 Å². The highest BCUT2D eigenvalue weighted by Gasteiger charge is 2.25. The third-order valence-electron chi connectivity index (χ3n) is 4.24. The number of anilines is 1. The standard InChI is InChI=1S/C18H29N2O/c1-5-17(21)13-8-9-16(15(11-13)18(2,3)4)20-10-6-7-14(19)12-20/h8-9,14,17,21H,5-7,10,12,19H2,1-4H3/t14-,17?/m0/s1. The quantitative estimate of drug-likeness (QED) is 0.898. The molecule has 2 rings (SSSR count). The molecule has 117 valence electrons. The van der Waals surface area contributed by atoms with Gasteiger partial charge < -0.3 is 15.7 Å². The van der Waals surface area contributed by atoms with Crippen molar-refractivity contribution in [1.82, 2.24) is 0 Å². The van der Waals surface area contributed by atoms with Gasteiger partial charge in [-0.15, -0.1) is 0 Å². The number of piperidine rings is 1. The molecule has 1 fully saturated rings. The van der Waals surface area contributed by atoms with E-state index in [1.165, 1.54) is 11.3 Å². The van der Waals surface area contributed by atoms with Crippen molar-refractivity contribution in [2.45, 2.75) is 64.5 Å². The van der Waals surface area contributed by atoms with Gasteiger partial charge in [0.2, 0.25) is 0 Å². The number of benzene rings is 1. The van der Waals surface area contributed by atoms with Gasteiger partial charge in [-0.1, -0.05) is 33.8 Å². The van der Waals surface area contributed by atoms with E-state index < -0.39 is 6.10 Å². The molecule has 1 aromatic carbocycles. The fourth-order valence-corrected chi connectivity index (χ4v) is 2.98. The number of aliphatic hydroxyl groups is 1. The number of nitrogens with zero attached hydrogens (tertiary/aromatic N) is 1. The topological polar surface area (TPSA) is 49.5 Å². The van der Waals surface area contributed by atoms with E-state index in [1.807, 2.05) is 13.0 Å². The van der Waals surface area contributed by atoms with E-state index in [0.29, 0.717) is 6.42 Å². The van der Waals surface area contributed by atoms with Crippen LogP contribution in [0.25, 0.3) is 0 Å². The summed E-state index contributed by atoms with van der Waals surface area (Å²) in [6, 6.07) is 7.90. The van der Waals surface area contributed by atoms with Crippen molar-refractivity contribution in [3.8, 4) is 0 Å². The number of hydrogen-bond donors (Lipinski definition) is 2. The Bertz CT molecular complexity index is 479. The lowest BCUT2D eigenvalue weighted by molar-refractivity contribution is 0.173. The second-order valence-corrected chi connectivity index (χ2v) is 7.20. The van der Waals surface area contributed by atoms with Crippen LogP contribution in [0.4, 0.5) is 5.69 Å². The van der Waals surface area contributed by atoms with Crippen molar-refractivity contribution < 1.29 is 5.11 Å². The van der Waals surface area contributed by atoms with Crippen molar-refractivity contribution in [2.75, 3.05) is 18.0 Å². The molecule has 3 nitrogen and oxygen atoms in total. The van der Waals surface area contributed by atoms with Crippen LogP contribution in [0.3, 0.4) is 0 Å². The van der Waals surface area contributed by atoms with E-state index in [-0.39, 0.29) is 11.5 Å². The molecule has 0 aliphatic carbocycles. The molecule has 1 saturated heterocycles. The zero-order valence-corrected chi connectivity index (χ0v) is 13.8. The minimum Gasteiger partial charge on any atom is -0.388 e. The lowest BCUT2D eigenvalue weighted by Crippen LogP contribution is -2.43. The van der Waals surface area contributed by atoms with Crippen LogP contribution in [0.5, 0.6) is 0 Å². The molecule has 0 amide bonds. The van der Waals surface area contributed by atoms with Crippen LogP contribution in [0.1, 0.15) is 64.2 Å². The second-order valence-electron chi connectivity index (χ2n) is 7.20. The summed E-state index contributed by atoms with van der Waals surface area (Å²) in [7, 11) is 0. The second kappa shape index (κ2) is 6.37. The fraction of sp³-hybridized carbons (Fsp3) is 0.667. The molecule has 1 unspecified atom stereocenters. The van der Waals surface area contributed by atoms with Crippen LogP contribution in [-0.4, -0.2) is 24.2 Å². The van der Waals surface area contributed by atoms with Crippen LogP contribution >= 0.6 is 0 Å². The highest BCUT2D eigenvalue weighted by atomic mass is 16.3. The lowest BCUT2D eigenvalue weighted by Gasteiger charge is -2.36. The van der Waals surface area contributed by atoms with Gasteiger partial charge in [-0.3, -0.25) is 0 Å². The van der Waals surface area contributed by atoms with Gasteiger partial charge in [0.15, 0.2) is 0 Å². The lowest BCUT2D eigenvalue weighted by atomic mass is 9.83. The number of rotatable bonds is 3. The summed E-state index contributed by atoms with van der Waals surface area (Å²) in [5.41, 5.74) is 9.43. The van der Waals surface area contributed by atoms with E-state index >= 15 is 0 Å². The first-order valence-corrected chi connectivity index (χ1v) is 8.08. The third-order valence-corrected chi connectivity index (χ3v) is 4.24. The zero-order valence-electron chi connectivity index (χ0n) is 13.8. The number of nitrogens with two attached hydrogens (primary N) is 1. The van der Waals surface area contributed by atoms with Gasteiger partial charge in [-0.25, -0.2) is 0 Å². The van der Waals surface area contributed by atoms with E-state index in [1.54, 1.807) is 0 Å². The van der Waals surface area contributed by atoms with Crippen molar-refractivity contribution in [3.63, 3.8) is 0 Å². The van der Waals surface area contributed by atoms with E-state index in [4.69, 9.17) is 5.73 Å². The molecule has 3 N–H and O–H groups in total. The predicted octanol–water partition coefficient (Wildman–Crippen LogP) is 3.16.